The zero-order chi connectivity index (χ0) is 21.2. The molecule has 0 saturated carbocycles. The Morgan fingerprint density at radius 3 is 2.55 bits per heavy atom. The van der Waals surface area contributed by atoms with E-state index in [0.29, 0.717) is 12.0 Å². The van der Waals surface area contributed by atoms with Gasteiger partial charge in [0.2, 0.25) is 0 Å². The van der Waals surface area contributed by atoms with Crippen molar-refractivity contribution in [3.63, 3.8) is 0 Å². The number of carbonyl (C=O) groups excluding carboxylic acids is 1. The van der Waals surface area contributed by atoms with Crippen molar-refractivity contribution in [2.24, 2.45) is 0 Å². The van der Waals surface area contributed by atoms with Gasteiger partial charge in [-0.15, -0.1) is 0 Å². The first kappa shape index (κ1) is 21.1. The fourth-order valence-electron chi connectivity index (χ4n) is 3.07. The maximum atomic E-state index is 13.1. The Morgan fingerprint density at radius 1 is 1.14 bits per heavy atom. The topological polar surface area (TPSA) is 33.2 Å². The molecule has 3 rings (SSSR count). The van der Waals surface area contributed by atoms with Gasteiger partial charge in [0.15, 0.2) is 0 Å². The van der Waals surface area contributed by atoms with Crippen molar-refractivity contribution >= 4 is 28.4 Å². The van der Waals surface area contributed by atoms with Gasteiger partial charge in [0, 0.05) is 29.1 Å². The highest BCUT2D eigenvalue weighted by atomic mass is 35.5. The first-order chi connectivity index (χ1) is 13.7. The molecule has 0 spiro atoms. The van der Waals surface area contributed by atoms with Crippen LogP contribution in [0.25, 0.3) is 10.9 Å². The minimum Gasteiger partial charge on any atom is -0.332 e. The molecule has 1 heterocycles. The third-order valence-electron chi connectivity index (χ3n) is 4.91. The summed E-state index contributed by atoms with van der Waals surface area (Å²) in [7, 11) is 0. The molecule has 3 aromatic rings. The Kier molecular flexibility index (Phi) is 6.13. The summed E-state index contributed by atoms with van der Waals surface area (Å²) in [6.45, 7) is 3.92. The van der Waals surface area contributed by atoms with E-state index in [4.69, 9.17) is 11.6 Å². The summed E-state index contributed by atoms with van der Waals surface area (Å²) in [5.41, 5.74) is 0.523. The molecule has 7 heteroatoms. The van der Waals surface area contributed by atoms with Crippen LogP contribution in [-0.4, -0.2) is 21.8 Å². The van der Waals surface area contributed by atoms with E-state index < -0.39 is 17.6 Å². The number of carbonyl (C=O) groups is 1. The maximum Gasteiger partial charge on any atom is 0.416 e. The van der Waals surface area contributed by atoms with Gasteiger partial charge < -0.3 is 4.90 Å². The molecule has 0 fully saturated rings. The number of hydrogen-bond donors (Lipinski definition) is 0. The smallest absolute Gasteiger partial charge is 0.332 e. The van der Waals surface area contributed by atoms with Crippen molar-refractivity contribution in [2.75, 3.05) is 0 Å². The Morgan fingerprint density at radius 2 is 1.86 bits per heavy atom. The van der Waals surface area contributed by atoms with Gasteiger partial charge in [0.1, 0.15) is 5.15 Å². The number of para-hydroxylation sites is 1. The molecule has 29 heavy (non-hydrogen) atoms. The van der Waals surface area contributed by atoms with Crippen LogP contribution >= 0.6 is 11.6 Å². The van der Waals surface area contributed by atoms with E-state index in [2.05, 4.69) is 4.98 Å². The summed E-state index contributed by atoms with van der Waals surface area (Å²) >= 11 is 6.33. The molecule has 0 radical (unpaired) electrons. The molecule has 1 amide bonds. The van der Waals surface area contributed by atoms with Crippen molar-refractivity contribution in [3.8, 4) is 0 Å². The number of rotatable bonds is 5. The van der Waals surface area contributed by atoms with E-state index in [1.54, 1.807) is 0 Å². The summed E-state index contributed by atoms with van der Waals surface area (Å²) in [6.07, 6.45) is -3.87. The Balaban J connectivity index is 1.97. The number of nitrogens with zero attached hydrogens (tertiary/aromatic N) is 2. The standard InChI is InChI=1S/C22H20ClF3N2O/c1-3-14(2)28(21(29)16-8-6-9-18(12-16)22(24,25)26)13-17-11-15-7-4-5-10-19(15)27-20(17)23/h4-12,14H,3,13H2,1-2H3. The molecular formula is C22H20ClF3N2O. The summed E-state index contributed by atoms with van der Waals surface area (Å²) in [4.78, 5) is 19.0. The number of pyridine rings is 1. The number of benzene rings is 2. The van der Waals surface area contributed by atoms with Crippen LogP contribution in [0, 0.1) is 0 Å². The first-order valence-electron chi connectivity index (χ1n) is 9.23. The lowest BCUT2D eigenvalue weighted by molar-refractivity contribution is -0.137. The molecule has 0 aliphatic carbocycles. The van der Waals surface area contributed by atoms with Gasteiger partial charge >= 0.3 is 6.18 Å². The minimum absolute atomic E-state index is 0.00926. The van der Waals surface area contributed by atoms with Gasteiger partial charge in [-0.05, 0) is 43.7 Å². The predicted molar refractivity (Wildman–Crippen MR) is 108 cm³/mol. The number of hydrogen-bond acceptors (Lipinski definition) is 2. The molecule has 3 nitrogen and oxygen atoms in total. The van der Waals surface area contributed by atoms with Gasteiger partial charge in [-0.1, -0.05) is 42.8 Å². The first-order valence-corrected chi connectivity index (χ1v) is 9.61. The third kappa shape index (κ3) is 4.70. The van der Waals surface area contributed by atoms with Crippen LogP contribution in [0.5, 0.6) is 0 Å². The lowest BCUT2D eigenvalue weighted by Crippen LogP contribution is -2.38. The summed E-state index contributed by atoms with van der Waals surface area (Å²) in [5, 5.41) is 1.15. The van der Waals surface area contributed by atoms with Gasteiger partial charge in [-0.25, -0.2) is 4.98 Å². The van der Waals surface area contributed by atoms with E-state index >= 15 is 0 Å². The molecule has 0 aliphatic rings. The van der Waals surface area contributed by atoms with Crippen LogP contribution in [0.2, 0.25) is 5.15 Å². The quantitative estimate of drug-likeness (QED) is 0.451. The van der Waals surface area contributed by atoms with Crippen LogP contribution in [0.4, 0.5) is 13.2 Å². The molecule has 0 N–H and O–H groups in total. The second-order valence-electron chi connectivity index (χ2n) is 6.90. The lowest BCUT2D eigenvalue weighted by Gasteiger charge is -2.29. The summed E-state index contributed by atoms with van der Waals surface area (Å²) < 4.78 is 39.2. The van der Waals surface area contributed by atoms with E-state index in [0.717, 1.165) is 23.0 Å². The van der Waals surface area contributed by atoms with Crippen molar-refractivity contribution in [2.45, 2.75) is 39.0 Å². The average molecular weight is 421 g/mol. The van der Waals surface area contributed by atoms with Crippen LogP contribution in [0.3, 0.4) is 0 Å². The second kappa shape index (κ2) is 8.41. The van der Waals surface area contributed by atoms with Crippen molar-refractivity contribution < 1.29 is 18.0 Å². The van der Waals surface area contributed by atoms with Crippen LogP contribution in [0.15, 0.2) is 54.6 Å². The van der Waals surface area contributed by atoms with E-state index in [1.165, 1.54) is 17.0 Å². The summed E-state index contributed by atoms with van der Waals surface area (Å²) in [6, 6.07) is 13.6. The second-order valence-corrected chi connectivity index (χ2v) is 7.26. The SMILES string of the molecule is CCC(C)N(Cc1cc2ccccc2nc1Cl)C(=O)c1cccc(C(F)(F)F)c1. The highest BCUT2D eigenvalue weighted by Crippen LogP contribution is 2.30. The fraction of sp³-hybridized carbons (Fsp3) is 0.273. The van der Waals surface area contributed by atoms with E-state index in [9.17, 15) is 18.0 Å². The normalized spacial score (nSPS) is 12.8. The highest BCUT2D eigenvalue weighted by molar-refractivity contribution is 6.30. The van der Waals surface area contributed by atoms with Gasteiger partial charge in [0.25, 0.3) is 5.91 Å². The molecule has 1 unspecified atom stereocenters. The lowest BCUT2D eigenvalue weighted by atomic mass is 10.1. The monoisotopic (exact) mass is 420 g/mol. The number of amides is 1. The number of fused-ring (bicyclic) bond motifs is 1. The third-order valence-corrected chi connectivity index (χ3v) is 5.24. The number of alkyl halides is 3. The average Bonchev–Trinajstić information content (AvgIpc) is 2.70. The maximum absolute atomic E-state index is 13.1. The van der Waals surface area contributed by atoms with Crippen LogP contribution < -0.4 is 0 Å². The van der Waals surface area contributed by atoms with Crippen LogP contribution in [0.1, 0.15) is 41.8 Å². The molecule has 1 aromatic heterocycles. The zero-order valence-corrected chi connectivity index (χ0v) is 16.8. The Labute approximate surface area is 172 Å². The van der Waals surface area contributed by atoms with E-state index in [-0.39, 0.29) is 23.3 Å². The molecule has 152 valence electrons. The molecule has 0 bridgehead atoms. The van der Waals surface area contributed by atoms with Crippen molar-refractivity contribution in [1.82, 2.24) is 9.88 Å². The van der Waals surface area contributed by atoms with Crippen molar-refractivity contribution in [1.29, 1.82) is 0 Å². The van der Waals surface area contributed by atoms with E-state index in [1.807, 2.05) is 44.2 Å². The molecule has 0 saturated heterocycles. The minimum atomic E-state index is -4.51. The van der Waals surface area contributed by atoms with Crippen molar-refractivity contribution in [3.05, 3.63) is 76.4 Å². The number of aromatic nitrogens is 1. The van der Waals surface area contributed by atoms with Gasteiger partial charge in [0.05, 0.1) is 11.1 Å². The molecular weight excluding hydrogens is 401 g/mol. The highest BCUT2D eigenvalue weighted by Gasteiger charge is 2.32. The molecule has 0 aliphatic heterocycles. The fourth-order valence-corrected chi connectivity index (χ4v) is 3.28. The Hall–Kier alpha value is -2.60. The predicted octanol–water partition coefficient (Wildman–Crippen LogP) is 6.35. The molecule has 1 atom stereocenters. The largest absolute Gasteiger partial charge is 0.416 e. The molecule has 2 aromatic carbocycles. The van der Waals surface area contributed by atoms with Gasteiger partial charge in [-0.3, -0.25) is 4.79 Å². The summed E-state index contributed by atoms with van der Waals surface area (Å²) in [5.74, 6) is -0.477. The van der Waals surface area contributed by atoms with Gasteiger partial charge in [-0.2, -0.15) is 13.2 Å². The van der Waals surface area contributed by atoms with Crippen LogP contribution in [-0.2, 0) is 12.7 Å². The Bertz CT molecular complexity index is 1040. The number of halogens is 4. The zero-order valence-electron chi connectivity index (χ0n) is 16.0.